The molecule has 1 saturated carbocycles. The first-order valence-electron chi connectivity index (χ1n) is 6.67. The molecule has 86 valence electrons. The Hall–Kier alpha value is -0.820. The van der Waals surface area contributed by atoms with Crippen molar-refractivity contribution in [2.75, 3.05) is 0 Å². The van der Waals surface area contributed by atoms with Gasteiger partial charge in [0.25, 0.3) is 0 Å². The Kier molecular flexibility index (Phi) is 2.72. The Labute approximate surface area is 98.0 Å². The summed E-state index contributed by atoms with van der Waals surface area (Å²) in [6.45, 7) is 0. The zero-order chi connectivity index (χ0) is 11.0. The summed E-state index contributed by atoms with van der Waals surface area (Å²) in [5.41, 5.74) is 10.8. The highest BCUT2D eigenvalue weighted by molar-refractivity contribution is 5.35. The number of aryl methyl sites for hydroxylation is 2. The summed E-state index contributed by atoms with van der Waals surface area (Å²) in [6, 6.07) is 7.39. The van der Waals surface area contributed by atoms with Gasteiger partial charge in [0.1, 0.15) is 0 Å². The quantitative estimate of drug-likeness (QED) is 0.821. The van der Waals surface area contributed by atoms with Gasteiger partial charge in [0.05, 0.1) is 0 Å². The van der Waals surface area contributed by atoms with Gasteiger partial charge in [0.15, 0.2) is 0 Å². The number of benzene rings is 1. The van der Waals surface area contributed by atoms with Gasteiger partial charge in [0, 0.05) is 6.04 Å². The molecule has 0 aliphatic heterocycles. The summed E-state index contributed by atoms with van der Waals surface area (Å²) in [7, 11) is 0. The Morgan fingerprint density at radius 2 is 2.00 bits per heavy atom. The lowest BCUT2D eigenvalue weighted by Gasteiger charge is -2.12. The van der Waals surface area contributed by atoms with E-state index >= 15 is 0 Å². The summed E-state index contributed by atoms with van der Waals surface area (Å²) in [4.78, 5) is 0. The second kappa shape index (κ2) is 4.21. The molecule has 1 aromatic carbocycles. The van der Waals surface area contributed by atoms with Crippen LogP contribution in [0, 0.1) is 5.92 Å². The lowest BCUT2D eigenvalue weighted by Crippen LogP contribution is -2.23. The van der Waals surface area contributed by atoms with Crippen LogP contribution in [0.1, 0.15) is 42.4 Å². The average molecular weight is 215 g/mol. The second-order valence-electron chi connectivity index (χ2n) is 5.60. The standard InChI is InChI=1S/C15H21N/c16-15(9-11-4-5-11)10-12-6-7-13-2-1-3-14(13)8-12/h6-8,11,15H,1-5,9-10,16H2. The van der Waals surface area contributed by atoms with E-state index in [-0.39, 0.29) is 0 Å². The Morgan fingerprint density at radius 3 is 2.81 bits per heavy atom. The van der Waals surface area contributed by atoms with Gasteiger partial charge in [-0.2, -0.15) is 0 Å². The van der Waals surface area contributed by atoms with Gasteiger partial charge in [-0.05, 0) is 54.7 Å². The Balaban J connectivity index is 1.64. The molecule has 2 N–H and O–H groups in total. The van der Waals surface area contributed by atoms with Crippen LogP contribution in [-0.2, 0) is 19.3 Å². The van der Waals surface area contributed by atoms with Gasteiger partial charge in [-0.25, -0.2) is 0 Å². The highest BCUT2D eigenvalue weighted by atomic mass is 14.6. The van der Waals surface area contributed by atoms with Crippen molar-refractivity contribution in [3.63, 3.8) is 0 Å². The van der Waals surface area contributed by atoms with Crippen LogP contribution in [0.4, 0.5) is 0 Å². The molecule has 1 fully saturated rings. The van der Waals surface area contributed by atoms with Crippen molar-refractivity contribution in [3.05, 3.63) is 34.9 Å². The summed E-state index contributed by atoms with van der Waals surface area (Å²) in [5.74, 6) is 0.949. The third-order valence-electron chi connectivity index (χ3n) is 3.99. The molecule has 0 spiro atoms. The topological polar surface area (TPSA) is 26.0 Å². The maximum Gasteiger partial charge on any atom is 0.00819 e. The van der Waals surface area contributed by atoms with E-state index in [1.54, 1.807) is 11.1 Å². The van der Waals surface area contributed by atoms with E-state index in [0.717, 1.165) is 12.3 Å². The molecule has 0 saturated heterocycles. The van der Waals surface area contributed by atoms with Crippen molar-refractivity contribution in [2.24, 2.45) is 11.7 Å². The van der Waals surface area contributed by atoms with E-state index in [0.29, 0.717) is 6.04 Å². The van der Waals surface area contributed by atoms with Crippen LogP contribution in [0.5, 0.6) is 0 Å². The lowest BCUT2D eigenvalue weighted by molar-refractivity contribution is 0.566. The highest BCUT2D eigenvalue weighted by Crippen LogP contribution is 2.33. The summed E-state index contributed by atoms with van der Waals surface area (Å²) >= 11 is 0. The molecule has 1 aromatic rings. The predicted octanol–water partition coefficient (Wildman–Crippen LogP) is 2.85. The molecule has 3 rings (SSSR count). The number of hydrogen-bond donors (Lipinski definition) is 1. The third-order valence-corrected chi connectivity index (χ3v) is 3.99. The number of fused-ring (bicyclic) bond motifs is 1. The van der Waals surface area contributed by atoms with Crippen LogP contribution in [0.3, 0.4) is 0 Å². The van der Waals surface area contributed by atoms with Gasteiger partial charge in [-0.1, -0.05) is 31.0 Å². The van der Waals surface area contributed by atoms with E-state index in [9.17, 15) is 0 Å². The maximum atomic E-state index is 6.19. The first-order chi connectivity index (χ1) is 7.81. The lowest BCUT2D eigenvalue weighted by atomic mass is 9.99. The first-order valence-corrected chi connectivity index (χ1v) is 6.67. The first kappa shape index (κ1) is 10.3. The van der Waals surface area contributed by atoms with Crippen LogP contribution in [0.2, 0.25) is 0 Å². The second-order valence-corrected chi connectivity index (χ2v) is 5.60. The molecule has 0 radical (unpaired) electrons. The number of rotatable bonds is 4. The molecular weight excluding hydrogens is 194 g/mol. The summed E-state index contributed by atoms with van der Waals surface area (Å²) in [6.07, 6.45) is 9.04. The Morgan fingerprint density at radius 1 is 1.19 bits per heavy atom. The van der Waals surface area contributed by atoms with Gasteiger partial charge in [-0.15, -0.1) is 0 Å². The molecule has 0 bridgehead atoms. The molecule has 0 heterocycles. The van der Waals surface area contributed by atoms with Gasteiger partial charge in [0.2, 0.25) is 0 Å². The summed E-state index contributed by atoms with van der Waals surface area (Å²) < 4.78 is 0. The van der Waals surface area contributed by atoms with E-state index < -0.39 is 0 Å². The fourth-order valence-corrected chi connectivity index (χ4v) is 2.92. The third kappa shape index (κ3) is 2.30. The maximum absolute atomic E-state index is 6.19. The fraction of sp³-hybridized carbons (Fsp3) is 0.600. The van der Waals surface area contributed by atoms with Gasteiger partial charge >= 0.3 is 0 Å². The van der Waals surface area contributed by atoms with Crippen LogP contribution < -0.4 is 5.73 Å². The minimum absolute atomic E-state index is 0.381. The Bertz CT molecular complexity index is 379. The molecule has 0 aromatic heterocycles. The van der Waals surface area contributed by atoms with Crippen molar-refractivity contribution in [1.29, 1.82) is 0 Å². The van der Waals surface area contributed by atoms with Crippen molar-refractivity contribution in [2.45, 2.75) is 51.0 Å². The van der Waals surface area contributed by atoms with Crippen molar-refractivity contribution < 1.29 is 0 Å². The fourth-order valence-electron chi connectivity index (χ4n) is 2.92. The summed E-state index contributed by atoms with van der Waals surface area (Å²) in [5, 5.41) is 0. The molecule has 0 amide bonds. The zero-order valence-electron chi connectivity index (χ0n) is 9.91. The van der Waals surface area contributed by atoms with Crippen LogP contribution >= 0.6 is 0 Å². The van der Waals surface area contributed by atoms with E-state index in [4.69, 9.17) is 5.73 Å². The van der Waals surface area contributed by atoms with Crippen molar-refractivity contribution >= 4 is 0 Å². The van der Waals surface area contributed by atoms with Crippen LogP contribution in [0.25, 0.3) is 0 Å². The molecule has 1 nitrogen and oxygen atoms in total. The molecular formula is C15H21N. The zero-order valence-corrected chi connectivity index (χ0v) is 9.91. The smallest absolute Gasteiger partial charge is 0.00819 e. The normalized spacial score (nSPS) is 20.8. The number of hydrogen-bond acceptors (Lipinski definition) is 1. The SMILES string of the molecule is NC(Cc1ccc2c(c1)CCC2)CC1CC1. The molecule has 1 unspecified atom stereocenters. The monoisotopic (exact) mass is 215 g/mol. The minimum atomic E-state index is 0.381. The van der Waals surface area contributed by atoms with Crippen molar-refractivity contribution in [1.82, 2.24) is 0 Å². The predicted molar refractivity (Wildman–Crippen MR) is 67.5 cm³/mol. The van der Waals surface area contributed by atoms with Gasteiger partial charge < -0.3 is 5.73 Å². The molecule has 2 aliphatic carbocycles. The molecule has 2 aliphatic rings. The molecule has 1 heteroatoms. The van der Waals surface area contributed by atoms with E-state index in [1.165, 1.54) is 44.1 Å². The van der Waals surface area contributed by atoms with Crippen LogP contribution in [0.15, 0.2) is 18.2 Å². The minimum Gasteiger partial charge on any atom is -0.327 e. The number of nitrogens with two attached hydrogens (primary N) is 1. The largest absolute Gasteiger partial charge is 0.327 e. The average Bonchev–Trinajstić information content (AvgIpc) is 2.95. The molecule has 16 heavy (non-hydrogen) atoms. The van der Waals surface area contributed by atoms with Gasteiger partial charge in [-0.3, -0.25) is 0 Å². The van der Waals surface area contributed by atoms with Crippen molar-refractivity contribution in [3.8, 4) is 0 Å². The van der Waals surface area contributed by atoms with E-state index in [1.807, 2.05) is 0 Å². The highest BCUT2D eigenvalue weighted by Gasteiger charge is 2.24. The molecule has 1 atom stereocenters. The van der Waals surface area contributed by atoms with Crippen LogP contribution in [-0.4, -0.2) is 6.04 Å². The van der Waals surface area contributed by atoms with E-state index in [2.05, 4.69) is 18.2 Å².